The number of unbranched alkanes of at least 4 members (excludes halogenated alkanes) is 4. The predicted molar refractivity (Wildman–Crippen MR) is 93.8 cm³/mol. The van der Waals surface area contributed by atoms with Crippen molar-refractivity contribution in [2.75, 3.05) is 52.6 Å². The van der Waals surface area contributed by atoms with E-state index in [9.17, 15) is 9.59 Å². The first-order valence-electron chi connectivity index (χ1n) is 9.09. The first kappa shape index (κ1) is 23.8. The number of aliphatic hydroxyl groups excluding tert-OH is 4. The first-order chi connectivity index (χ1) is 12.1. The summed E-state index contributed by atoms with van der Waals surface area (Å²) in [6, 6.07) is 0. The van der Waals surface area contributed by atoms with Crippen LogP contribution in [0.3, 0.4) is 0 Å². The molecule has 0 saturated carbocycles. The van der Waals surface area contributed by atoms with Gasteiger partial charge in [-0.15, -0.1) is 0 Å². The van der Waals surface area contributed by atoms with Crippen LogP contribution in [-0.2, 0) is 9.59 Å². The Morgan fingerprint density at radius 3 is 1.08 bits per heavy atom. The highest BCUT2D eigenvalue weighted by Gasteiger charge is 2.13. The van der Waals surface area contributed by atoms with E-state index in [-0.39, 0.29) is 64.4 Å². The topological polar surface area (TPSA) is 122 Å². The van der Waals surface area contributed by atoms with Crippen LogP contribution in [0.15, 0.2) is 0 Å². The minimum absolute atomic E-state index is 0.0538. The highest BCUT2D eigenvalue weighted by molar-refractivity contribution is 5.76. The molecular weight excluding hydrogens is 328 g/mol. The summed E-state index contributed by atoms with van der Waals surface area (Å²) in [4.78, 5) is 26.8. The molecule has 4 N–H and O–H groups in total. The lowest BCUT2D eigenvalue weighted by Crippen LogP contribution is -2.35. The molecule has 0 aromatic heterocycles. The van der Waals surface area contributed by atoms with Crippen LogP contribution in [0.2, 0.25) is 0 Å². The molecule has 0 aliphatic heterocycles. The van der Waals surface area contributed by atoms with E-state index in [4.69, 9.17) is 20.4 Å². The Morgan fingerprint density at radius 1 is 0.520 bits per heavy atom. The van der Waals surface area contributed by atoms with Crippen molar-refractivity contribution in [1.29, 1.82) is 0 Å². The standard InChI is InChI=1S/C17H34N2O6/c20-12-8-18(9-13-21)16(24)6-4-2-1-3-5-7-17(25)19(10-14-22)11-15-23/h20-23H,1-15H2. The van der Waals surface area contributed by atoms with Gasteiger partial charge >= 0.3 is 0 Å². The highest BCUT2D eigenvalue weighted by atomic mass is 16.3. The molecule has 0 heterocycles. The lowest BCUT2D eigenvalue weighted by molar-refractivity contribution is -0.133. The van der Waals surface area contributed by atoms with Gasteiger partial charge in [-0.2, -0.15) is 0 Å². The van der Waals surface area contributed by atoms with Crippen molar-refractivity contribution in [3.05, 3.63) is 0 Å². The van der Waals surface area contributed by atoms with Crippen LogP contribution in [-0.4, -0.2) is 94.6 Å². The third kappa shape index (κ3) is 11.9. The molecule has 0 spiro atoms. The van der Waals surface area contributed by atoms with Crippen LogP contribution in [0, 0.1) is 0 Å². The van der Waals surface area contributed by atoms with Crippen LogP contribution >= 0.6 is 0 Å². The molecule has 0 atom stereocenters. The minimum Gasteiger partial charge on any atom is -0.395 e. The third-order valence-corrected chi connectivity index (χ3v) is 3.97. The summed E-state index contributed by atoms with van der Waals surface area (Å²) in [5, 5.41) is 35.6. The number of carbonyl (C=O) groups is 2. The highest BCUT2D eigenvalue weighted by Crippen LogP contribution is 2.10. The molecule has 25 heavy (non-hydrogen) atoms. The van der Waals surface area contributed by atoms with Crippen molar-refractivity contribution < 1.29 is 30.0 Å². The van der Waals surface area contributed by atoms with E-state index in [2.05, 4.69) is 0 Å². The lowest BCUT2D eigenvalue weighted by Gasteiger charge is -2.20. The van der Waals surface area contributed by atoms with Gasteiger partial charge in [-0.1, -0.05) is 19.3 Å². The average molecular weight is 362 g/mol. The molecule has 8 nitrogen and oxygen atoms in total. The van der Waals surface area contributed by atoms with Crippen molar-refractivity contribution in [3.63, 3.8) is 0 Å². The van der Waals surface area contributed by atoms with Gasteiger partial charge < -0.3 is 30.2 Å². The summed E-state index contributed by atoms with van der Waals surface area (Å²) in [6.45, 7) is 0.568. The Labute approximate surface area is 150 Å². The van der Waals surface area contributed by atoms with Gasteiger partial charge in [0, 0.05) is 39.0 Å². The monoisotopic (exact) mass is 362 g/mol. The molecule has 0 aliphatic rings. The van der Waals surface area contributed by atoms with Crippen molar-refractivity contribution in [1.82, 2.24) is 9.80 Å². The van der Waals surface area contributed by atoms with Crippen LogP contribution in [0.4, 0.5) is 0 Å². The maximum absolute atomic E-state index is 11.9. The third-order valence-electron chi connectivity index (χ3n) is 3.97. The molecular formula is C17H34N2O6. The molecule has 0 rings (SSSR count). The minimum atomic E-state index is -0.108. The van der Waals surface area contributed by atoms with Crippen LogP contribution < -0.4 is 0 Å². The van der Waals surface area contributed by atoms with Crippen LogP contribution in [0.5, 0.6) is 0 Å². The largest absolute Gasteiger partial charge is 0.395 e. The van der Waals surface area contributed by atoms with E-state index in [1.54, 1.807) is 0 Å². The van der Waals surface area contributed by atoms with E-state index in [0.717, 1.165) is 32.1 Å². The van der Waals surface area contributed by atoms with E-state index < -0.39 is 0 Å². The number of aliphatic hydroxyl groups is 4. The summed E-state index contributed by atoms with van der Waals surface area (Å²) in [7, 11) is 0. The molecule has 0 unspecified atom stereocenters. The maximum Gasteiger partial charge on any atom is 0.222 e. The number of rotatable bonds is 16. The normalized spacial score (nSPS) is 10.7. The molecule has 0 aromatic rings. The molecule has 2 amide bonds. The first-order valence-corrected chi connectivity index (χ1v) is 9.09. The SMILES string of the molecule is O=C(CCCCCCCC(=O)N(CCO)CCO)N(CCO)CCO. The second kappa shape index (κ2) is 16.3. The quantitative estimate of drug-likeness (QED) is 0.271. The van der Waals surface area contributed by atoms with Gasteiger partial charge in [-0.3, -0.25) is 9.59 Å². The van der Waals surface area contributed by atoms with Gasteiger partial charge in [-0.05, 0) is 12.8 Å². The fraction of sp³-hybridized carbons (Fsp3) is 0.882. The van der Waals surface area contributed by atoms with E-state index >= 15 is 0 Å². The summed E-state index contributed by atoms with van der Waals surface area (Å²) in [5.74, 6) is -0.108. The molecule has 0 aromatic carbocycles. The fourth-order valence-corrected chi connectivity index (χ4v) is 2.60. The van der Waals surface area contributed by atoms with Crippen LogP contribution in [0.1, 0.15) is 44.9 Å². The van der Waals surface area contributed by atoms with E-state index in [1.807, 2.05) is 0 Å². The maximum atomic E-state index is 11.9. The zero-order valence-corrected chi connectivity index (χ0v) is 15.1. The summed E-state index contributed by atoms with van der Waals surface area (Å²) in [6.07, 6.45) is 5.02. The molecule has 0 saturated heterocycles. The summed E-state index contributed by atoms with van der Waals surface area (Å²) >= 11 is 0. The van der Waals surface area contributed by atoms with E-state index in [1.165, 1.54) is 9.80 Å². The Morgan fingerprint density at radius 2 is 0.800 bits per heavy atom. The lowest BCUT2D eigenvalue weighted by atomic mass is 10.1. The Balaban J connectivity index is 3.78. The molecule has 0 bridgehead atoms. The number of hydrogen-bond donors (Lipinski definition) is 4. The molecule has 0 aliphatic carbocycles. The molecule has 0 fully saturated rings. The van der Waals surface area contributed by atoms with Crippen molar-refractivity contribution >= 4 is 11.8 Å². The van der Waals surface area contributed by atoms with Gasteiger partial charge in [0.25, 0.3) is 0 Å². The van der Waals surface area contributed by atoms with Crippen molar-refractivity contribution in [2.24, 2.45) is 0 Å². The second-order valence-corrected chi connectivity index (χ2v) is 5.92. The molecule has 8 heteroatoms. The number of amides is 2. The van der Waals surface area contributed by atoms with Crippen molar-refractivity contribution in [2.45, 2.75) is 44.9 Å². The zero-order valence-electron chi connectivity index (χ0n) is 15.1. The summed E-state index contributed by atoms with van der Waals surface area (Å²) in [5.41, 5.74) is 0. The molecule has 0 radical (unpaired) electrons. The molecule has 148 valence electrons. The van der Waals surface area contributed by atoms with Crippen LogP contribution in [0.25, 0.3) is 0 Å². The van der Waals surface area contributed by atoms with Gasteiger partial charge in [0.2, 0.25) is 11.8 Å². The summed E-state index contributed by atoms with van der Waals surface area (Å²) < 4.78 is 0. The van der Waals surface area contributed by atoms with Gasteiger partial charge in [0.15, 0.2) is 0 Å². The van der Waals surface area contributed by atoms with Gasteiger partial charge in [0.1, 0.15) is 0 Å². The number of hydrogen-bond acceptors (Lipinski definition) is 6. The Bertz CT molecular complexity index is 310. The number of nitrogens with zero attached hydrogens (tertiary/aromatic N) is 2. The smallest absolute Gasteiger partial charge is 0.222 e. The average Bonchev–Trinajstić information content (AvgIpc) is 2.60. The fourth-order valence-electron chi connectivity index (χ4n) is 2.60. The Hall–Kier alpha value is -1.22. The van der Waals surface area contributed by atoms with Gasteiger partial charge in [0.05, 0.1) is 26.4 Å². The zero-order chi connectivity index (χ0) is 18.9. The van der Waals surface area contributed by atoms with Gasteiger partial charge in [-0.25, -0.2) is 0 Å². The second-order valence-electron chi connectivity index (χ2n) is 5.92. The van der Waals surface area contributed by atoms with E-state index in [0.29, 0.717) is 12.8 Å². The Kier molecular flexibility index (Phi) is 15.5. The number of carbonyl (C=O) groups excluding carboxylic acids is 2. The predicted octanol–water partition coefficient (Wildman–Crippen LogP) is -0.656. The van der Waals surface area contributed by atoms with Crippen molar-refractivity contribution in [3.8, 4) is 0 Å².